The van der Waals surface area contributed by atoms with E-state index in [2.05, 4.69) is 33.2 Å². The predicted molar refractivity (Wildman–Crippen MR) is 87.2 cm³/mol. The van der Waals surface area contributed by atoms with Gasteiger partial charge in [-0.15, -0.1) is 4.98 Å². The number of hydrogen-bond donors (Lipinski definition) is 2. The molecule has 0 saturated carbocycles. The Balaban J connectivity index is 1.78. The zero-order chi connectivity index (χ0) is 15.6. The second-order valence-electron chi connectivity index (χ2n) is 6.29. The summed E-state index contributed by atoms with van der Waals surface area (Å²) in [5, 5.41) is 3.34. The number of ether oxygens (including phenoxy) is 1. The van der Waals surface area contributed by atoms with Gasteiger partial charge in [0.1, 0.15) is 11.7 Å². The van der Waals surface area contributed by atoms with E-state index in [1.165, 1.54) is 11.1 Å². The van der Waals surface area contributed by atoms with Crippen LogP contribution in [0.4, 0.5) is 5.95 Å². The number of hydrogen-bond acceptors (Lipinski definition) is 3. The quantitative estimate of drug-likeness (QED) is 0.783. The molecule has 0 amide bonds. The van der Waals surface area contributed by atoms with Crippen molar-refractivity contribution in [3.8, 4) is 17.7 Å². The highest BCUT2D eigenvalue weighted by molar-refractivity contribution is 5.71. The summed E-state index contributed by atoms with van der Waals surface area (Å²) < 4.78 is 6.22. The Morgan fingerprint density at radius 2 is 2.26 bits per heavy atom. The standard InChI is InChI=1S/C18H20N4O/c19-18-21-16-14-7-3-1-2-5-12(14)6-4-8-15(16)17(22-18)23-13-9-10-20-11-13/h1,3,7,12-13,20H,4,6,8-11H2,(H2,19,21,22)/p+2/t12?,13-/m1/s1. The van der Waals surface area contributed by atoms with Gasteiger partial charge in [0.05, 0.1) is 5.92 Å². The van der Waals surface area contributed by atoms with Gasteiger partial charge in [-0.25, -0.2) is 5.73 Å². The van der Waals surface area contributed by atoms with Gasteiger partial charge in [0.25, 0.3) is 0 Å². The fourth-order valence-electron chi connectivity index (χ4n) is 3.54. The molecular weight excluding hydrogens is 288 g/mol. The number of aromatic nitrogens is 2. The summed E-state index contributed by atoms with van der Waals surface area (Å²) in [7, 11) is 0. The molecule has 1 fully saturated rings. The zero-order valence-electron chi connectivity index (χ0n) is 13.1. The van der Waals surface area contributed by atoms with Crippen LogP contribution in [0.15, 0.2) is 18.2 Å². The van der Waals surface area contributed by atoms with Crippen molar-refractivity contribution < 1.29 is 14.7 Å². The smallest absolute Gasteiger partial charge is 0.451 e. The van der Waals surface area contributed by atoms with E-state index in [0.29, 0.717) is 5.95 Å². The zero-order valence-corrected chi connectivity index (χ0v) is 13.1. The van der Waals surface area contributed by atoms with Crippen LogP contribution < -0.4 is 25.8 Å². The number of allylic oxidation sites excluding steroid dienone is 4. The van der Waals surface area contributed by atoms with Gasteiger partial charge in [-0.05, 0) is 38.3 Å². The molecule has 118 valence electrons. The SMILES string of the molecule is Nc1[nH+]c(O[C@@H]2CCNC2)c2c([nH+]1)C1=CC=CC#CC1CCC2. The number of rotatable bonds is 2. The molecule has 5 nitrogen and oxygen atoms in total. The number of aromatic amines is 2. The van der Waals surface area contributed by atoms with Gasteiger partial charge < -0.3 is 10.1 Å². The van der Waals surface area contributed by atoms with Crippen molar-refractivity contribution in [3.63, 3.8) is 0 Å². The normalized spacial score (nSPS) is 25.3. The summed E-state index contributed by atoms with van der Waals surface area (Å²) in [6, 6.07) is 0. The first-order chi connectivity index (χ1) is 11.3. The molecule has 1 aliphatic heterocycles. The maximum atomic E-state index is 6.22. The van der Waals surface area contributed by atoms with E-state index in [0.717, 1.165) is 50.3 Å². The minimum atomic E-state index is 0.207. The Labute approximate surface area is 136 Å². The van der Waals surface area contributed by atoms with Crippen LogP contribution in [0.2, 0.25) is 0 Å². The van der Waals surface area contributed by atoms with Crippen LogP contribution in [0, 0.1) is 17.8 Å². The van der Waals surface area contributed by atoms with Crippen molar-refractivity contribution in [3.05, 3.63) is 29.5 Å². The van der Waals surface area contributed by atoms with Gasteiger partial charge in [-0.3, -0.25) is 0 Å². The van der Waals surface area contributed by atoms with Gasteiger partial charge in [-0.2, -0.15) is 4.98 Å². The van der Waals surface area contributed by atoms with Gasteiger partial charge in [0.2, 0.25) is 0 Å². The Hall–Kier alpha value is -2.32. The molecule has 1 unspecified atom stereocenters. The van der Waals surface area contributed by atoms with E-state index in [9.17, 15) is 0 Å². The molecule has 4 rings (SSSR count). The van der Waals surface area contributed by atoms with Crippen LogP contribution in [0.3, 0.4) is 0 Å². The van der Waals surface area contributed by atoms with E-state index >= 15 is 0 Å². The molecule has 0 aromatic carbocycles. The third kappa shape index (κ3) is 2.82. The van der Waals surface area contributed by atoms with Gasteiger partial charge >= 0.3 is 11.8 Å². The lowest BCUT2D eigenvalue weighted by Crippen LogP contribution is -2.33. The molecule has 2 aliphatic carbocycles. The number of nitrogen functional groups attached to an aromatic ring is 1. The van der Waals surface area contributed by atoms with E-state index in [4.69, 9.17) is 10.5 Å². The maximum Gasteiger partial charge on any atom is 0.522 e. The average Bonchev–Trinajstić information content (AvgIpc) is 2.84. The molecule has 2 atom stereocenters. The van der Waals surface area contributed by atoms with Crippen molar-refractivity contribution >= 4 is 11.5 Å². The minimum absolute atomic E-state index is 0.207. The third-order valence-electron chi connectivity index (χ3n) is 4.68. The minimum Gasteiger partial charge on any atom is -0.451 e. The summed E-state index contributed by atoms with van der Waals surface area (Å²) in [6.07, 6.45) is 10.4. The largest absolute Gasteiger partial charge is 0.522 e. The first-order valence-electron chi connectivity index (χ1n) is 8.34. The summed E-state index contributed by atoms with van der Waals surface area (Å²) in [6.45, 7) is 1.90. The molecule has 2 heterocycles. The van der Waals surface area contributed by atoms with Crippen LogP contribution in [-0.2, 0) is 6.42 Å². The van der Waals surface area contributed by atoms with E-state index in [1.807, 2.05) is 12.2 Å². The fraction of sp³-hybridized carbons (Fsp3) is 0.444. The molecule has 5 heteroatoms. The molecule has 23 heavy (non-hydrogen) atoms. The highest BCUT2D eigenvalue weighted by atomic mass is 16.5. The van der Waals surface area contributed by atoms with Crippen molar-refractivity contribution in [2.24, 2.45) is 5.92 Å². The monoisotopic (exact) mass is 310 g/mol. The highest BCUT2D eigenvalue weighted by Gasteiger charge is 2.32. The number of nitrogens with one attached hydrogen (secondary N) is 3. The van der Waals surface area contributed by atoms with E-state index in [1.54, 1.807) is 0 Å². The van der Waals surface area contributed by atoms with E-state index in [-0.39, 0.29) is 12.0 Å². The summed E-state index contributed by atoms with van der Waals surface area (Å²) in [5.74, 6) is 8.06. The average molecular weight is 310 g/mol. The lowest BCUT2D eigenvalue weighted by Gasteiger charge is -2.13. The summed E-state index contributed by atoms with van der Waals surface area (Å²) in [4.78, 5) is 6.51. The van der Waals surface area contributed by atoms with Crippen LogP contribution >= 0.6 is 0 Å². The predicted octanol–water partition coefficient (Wildman–Crippen LogP) is 0.547. The molecule has 0 bridgehead atoms. The Morgan fingerprint density at radius 3 is 3.13 bits per heavy atom. The van der Waals surface area contributed by atoms with Crippen molar-refractivity contribution in [1.82, 2.24) is 5.32 Å². The molecule has 1 aromatic heterocycles. The number of anilines is 1. The molecule has 0 radical (unpaired) electrons. The first kappa shape index (κ1) is 14.3. The maximum absolute atomic E-state index is 6.22. The third-order valence-corrected chi connectivity index (χ3v) is 4.68. The van der Waals surface area contributed by atoms with Crippen LogP contribution in [0.1, 0.15) is 30.5 Å². The number of fused-ring (bicyclic) bond motifs is 3. The van der Waals surface area contributed by atoms with Gasteiger partial charge in [-0.1, -0.05) is 24.0 Å². The van der Waals surface area contributed by atoms with Crippen molar-refractivity contribution in [2.75, 3.05) is 18.8 Å². The first-order valence-corrected chi connectivity index (χ1v) is 8.34. The lowest BCUT2D eigenvalue weighted by atomic mass is 9.94. The highest BCUT2D eigenvalue weighted by Crippen LogP contribution is 2.35. The second-order valence-corrected chi connectivity index (χ2v) is 6.29. The van der Waals surface area contributed by atoms with Crippen LogP contribution in [0.5, 0.6) is 5.88 Å². The lowest BCUT2D eigenvalue weighted by molar-refractivity contribution is -0.511. The topological polar surface area (TPSA) is 75.6 Å². The van der Waals surface area contributed by atoms with Crippen molar-refractivity contribution in [2.45, 2.75) is 31.8 Å². The van der Waals surface area contributed by atoms with E-state index < -0.39 is 0 Å². The van der Waals surface area contributed by atoms with Gasteiger partial charge in [0.15, 0.2) is 5.69 Å². The summed E-state index contributed by atoms with van der Waals surface area (Å²) >= 11 is 0. The number of H-pyrrole nitrogens is 2. The molecule has 5 N–H and O–H groups in total. The molecular formula is C18H22N4O+2. The number of nitrogens with two attached hydrogens (primary N) is 1. The molecule has 1 saturated heterocycles. The Kier molecular flexibility index (Phi) is 3.76. The molecule has 0 spiro atoms. The summed E-state index contributed by atoms with van der Waals surface area (Å²) in [5.41, 5.74) is 9.56. The van der Waals surface area contributed by atoms with Gasteiger partial charge in [0, 0.05) is 12.1 Å². The second kappa shape index (κ2) is 6.05. The Morgan fingerprint density at radius 1 is 1.30 bits per heavy atom. The van der Waals surface area contributed by atoms with Crippen LogP contribution in [-0.4, -0.2) is 19.2 Å². The molecule has 3 aliphatic rings. The Bertz CT molecular complexity index is 735. The fourth-order valence-corrected chi connectivity index (χ4v) is 3.54. The molecule has 1 aromatic rings. The van der Waals surface area contributed by atoms with Crippen LogP contribution in [0.25, 0.3) is 5.57 Å². The van der Waals surface area contributed by atoms with Crippen molar-refractivity contribution in [1.29, 1.82) is 0 Å².